The first-order valence-corrected chi connectivity index (χ1v) is 23.7. The standard InChI is InChI=1S/C47H54ClF2N5O5Si/c1-30-27-57-44-39-42(40(50)41(51-44)36-23-33(59-29-56-5)24-37(48)38(36)31-17-18-31)52-45(58-28-47-19-12-20-54(47)26-32(49)25-47)53-43(39)55(30)21-22-60-61(46(2,3)4,34-13-8-6-9-14-34)35-15-10-7-11-16-35/h6-11,13-16,23-24,30-32H,12,17-22,25-29H2,1-5H3/t30-,32+,47-/m0/s1. The lowest BCUT2D eigenvalue weighted by Crippen LogP contribution is -2.67. The molecule has 1 saturated carbocycles. The summed E-state index contributed by atoms with van der Waals surface area (Å²) in [4.78, 5) is 19.1. The number of nitrogens with zero attached hydrogens (tertiary/aromatic N) is 5. The van der Waals surface area contributed by atoms with Crippen LogP contribution in [0.25, 0.3) is 22.2 Å². The normalized spacial score (nSPS) is 21.7. The van der Waals surface area contributed by atoms with Crippen LogP contribution < -0.4 is 29.5 Å². The lowest BCUT2D eigenvalue weighted by molar-refractivity contribution is 0.0511. The first kappa shape index (κ1) is 41.9. The molecule has 0 amide bonds. The molecule has 9 rings (SSSR count). The zero-order valence-electron chi connectivity index (χ0n) is 35.6. The summed E-state index contributed by atoms with van der Waals surface area (Å²) < 4.78 is 63.8. The van der Waals surface area contributed by atoms with Crippen LogP contribution >= 0.6 is 11.6 Å². The Balaban J connectivity index is 1.15. The maximum Gasteiger partial charge on any atom is 0.319 e. The highest BCUT2D eigenvalue weighted by atomic mass is 35.5. The number of halogens is 3. The van der Waals surface area contributed by atoms with Gasteiger partial charge in [0, 0.05) is 37.2 Å². The smallest absolute Gasteiger partial charge is 0.319 e. The fourth-order valence-corrected chi connectivity index (χ4v) is 14.9. The molecule has 5 aromatic rings. The topological polar surface area (TPSA) is 91.3 Å². The summed E-state index contributed by atoms with van der Waals surface area (Å²) in [6, 6.07) is 24.3. The second kappa shape index (κ2) is 16.7. The number of aromatic nitrogens is 3. The van der Waals surface area contributed by atoms with Crippen molar-refractivity contribution in [2.24, 2.45) is 0 Å². The van der Waals surface area contributed by atoms with Gasteiger partial charge in [-0.2, -0.15) is 9.97 Å². The van der Waals surface area contributed by atoms with Crippen molar-refractivity contribution < 1.29 is 32.2 Å². The number of hydrogen-bond donors (Lipinski definition) is 0. The van der Waals surface area contributed by atoms with Crippen LogP contribution in [0, 0.1) is 5.82 Å². The summed E-state index contributed by atoms with van der Waals surface area (Å²) in [5.41, 5.74) is 0.927. The molecule has 4 aliphatic rings. The molecule has 2 aromatic heterocycles. The quantitative estimate of drug-likeness (QED) is 0.0800. The second-order valence-electron chi connectivity index (χ2n) is 18.1. The average Bonchev–Trinajstić information content (AvgIpc) is 3.96. The van der Waals surface area contributed by atoms with E-state index in [1.165, 1.54) is 17.5 Å². The lowest BCUT2D eigenvalue weighted by Gasteiger charge is -2.43. The number of fused-ring (bicyclic) bond motifs is 1. The summed E-state index contributed by atoms with van der Waals surface area (Å²) in [6.07, 6.45) is 3.06. The number of hydrogen-bond acceptors (Lipinski definition) is 10. The molecule has 3 fully saturated rings. The van der Waals surface area contributed by atoms with Gasteiger partial charge in [-0.25, -0.2) is 13.8 Å². The van der Waals surface area contributed by atoms with Crippen molar-refractivity contribution in [1.82, 2.24) is 19.9 Å². The van der Waals surface area contributed by atoms with E-state index < -0.39 is 25.8 Å². The fourth-order valence-electron chi connectivity index (χ4n) is 9.98. The van der Waals surface area contributed by atoms with Crippen molar-refractivity contribution in [3.05, 3.63) is 89.2 Å². The van der Waals surface area contributed by atoms with Gasteiger partial charge in [-0.3, -0.25) is 4.90 Å². The number of ether oxygens (including phenoxy) is 4. The molecule has 3 atom stereocenters. The van der Waals surface area contributed by atoms with Gasteiger partial charge in [0.25, 0.3) is 8.32 Å². The van der Waals surface area contributed by atoms with Gasteiger partial charge in [-0.1, -0.05) is 93.0 Å². The van der Waals surface area contributed by atoms with Crippen molar-refractivity contribution >= 4 is 47.0 Å². The number of benzene rings is 3. The van der Waals surface area contributed by atoms with Crippen LogP contribution in [0.15, 0.2) is 72.8 Å². The molecular weight excluding hydrogens is 816 g/mol. The number of rotatable bonds is 14. The Labute approximate surface area is 362 Å². The van der Waals surface area contributed by atoms with Gasteiger partial charge in [0.1, 0.15) is 47.5 Å². The van der Waals surface area contributed by atoms with Gasteiger partial charge in [-0.15, -0.1) is 0 Å². The summed E-state index contributed by atoms with van der Waals surface area (Å²) in [6.45, 7) is 11.2. The predicted molar refractivity (Wildman–Crippen MR) is 237 cm³/mol. The molecule has 0 spiro atoms. The molecule has 10 nitrogen and oxygen atoms in total. The molecular formula is C47H54ClF2N5O5Si. The Hall–Kier alpha value is -4.40. The van der Waals surface area contributed by atoms with Gasteiger partial charge in [0.05, 0.1) is 18.2 Å². The minimum absolute atomic E-state index is 0.00656. The summed E-state index contributed by atoms with van der Waals surface area (Å²) in [5, 5.41) is 2.93. The van der Waals surface area contributed by atoms with Crippen LogP contribution in [0.1, 0.15) is 71.3 Å². The van der Waals surface area contributed by atoms with Crippen LogP contribution in [0.4, 0.5) is 14.6 Å². The lowest BCUT2D eigenvalue weighted by atomic mass is 9.95. The van der Waals surface area contributed by atoms with E-state index in [1.54, 1.807) is 12.1 Å². The summed E-state index contributed by atoms with van der Waals surface area (Å²) >= 11 is 6.92. The monoisotopic (exact) mass is 869 g/mol. The zero-order valence-corrected chi connectivity index (χ0v) is 37.3. The van der Waals surface area contributed by atoms with E-state index >= 15 is 4.39 Å². The third-order valence-electron chi connectivity index (χ3n) is 13.0. The maximum absolute atomic E-state index is 17.6. The first-order valence-electron chi connectivity index (χ1n) is 21.5. The molecule has 61 heavy (non-hydrogen) atoms. The van der Waals surface area contributed by atoms with Crippen LogP contribution in [-0.4, -0.2) is 99.3 Å². The zero-order chi connectivity index (χ0) is 42.5. The van der Waals surface area contributed by atoms with Crippen LogP contribution in [0.5, 0.6) is 17.6 Å². The highest BCUT2D eigenvalue weighted by Crippen LogP contribution is 2.51. The molecule has 3 aromatic carbocycles. The van der Waals surface area contributed by atoms with Crippen molar-refractivity contribution in [3.8, 4) is 28.9 Å². The van der Waals surface area contributed by atoms with Crippen molar-refractivity contribution in [2.75, 3.05) is 58.3 Å². The molecule has 14 heteroatoms. The van der Waals surface area contributed by atoms with E-state index in [-0.39, 0.29) is 60.1 Å². The Kier molecular flexibility index (Phi) is 11.5. The van der Waals surface area contributed by atoms with Gasteiger partial charge in [0.15, 0.2) is 12.6 Å². The molecule has 322 valence electrons. The van der Waals surface area contributed by atoms with Gasteiger partial charge in [0.2, 0.25) is 5.88 Å². The summed E-state index contributed by atoms with van der Waals surface area (Å²) in [7, 11) is -1.36. The highest BCUT2D eigenvalue weighted by Gasteiger charge is 2.51. The molecule has 2 saturated heterocycles. The maximum atomic E-state index is 17.6. The molecule has 0 unspecified atom stereocenters. The molecule has 5 heterocycles. The highest BCUT2D eigenvalue weighted by molar-refractivity contribution is 6.99. The summed E-state index contributed by atoms with van der Waals surface area (Å²) in [5.74, 6) is 0.586. The minimum Gasteiger partial charge on any atom is -0.475 e. The Morgan fingerprint density at radius 1 is 0.984 bits per heavy atom. The van der Waals surface area contributed by atoms with Gasteiger partial charge < -0.3 is 28.3 Å². The molecule has 3 aliphatic heterocycles. The number of anilines is 1. The van der Waals surface area contributed by atoms with Crippen LogP contribution in [0.2, 0.25) is 10.1 Å². The van der Waals surface area contributed by atoms with Crippen LogP contribution in [0.3, 0.4) is 0 Å². The van der Waals surface area contributed by atoms with E-state index in [2.05, 4.69) is 86.0 Å². The van der Waals surface area contributed by atoms with Gasteiger partial charge >= 0.3 is 6.01 Å². The van der Waals surface area contributed by atoms with E-state index in [0.29, 0.717) is 53.7 Å². The number of pyridine rings is 1. The van der Waals surface area contributed by atoms with Gasteiger partial charge in [-0.05, 0) is 78.2 Å². The van der Waals surface area contributed by atoms with E-state index in [9.17, 15) is 4.39 Å². The average molecular weight is 871 g/mol. The third-order valence-corrected chi connectivity index (χ3v) is 18.3. The minimum atomic E-state index is -2.89. The second-order valence-corrected chi connectivity index (χ2v) is 22.8. The molecule has 0 N–H and O–H groups in total. The Bertz CT molecular complexity index is 2350. The molecule has 1 aliphatic carbocycles. The first-order chi connectivity index (χ1) is 29.4. The fraction of sp³-hybridized carbons (Fsp3) is 0.468. The van der Waals surface area contributed by atoms with E-state index in [4.69, 9.17) is 49.9 Å². The molecule has 0 radical (unpaired) electrons. The van der Waals surface area contributed by atoms with E-state index in [1.807, 2.05) is 12.1 Å². The SMILES string of the molecule is COCOc1cc(Cl)c(C2CC2)c(-c2nc3c4c(nc(OC[C@@]56CCCN5C[C@H](F)C6)nc4c2F)N(CCO[Si](c2ccccc2)(c2ccccc2)C(C)(C)C)[C@@H](C)CO3)c1. The van der Waals surface area contributed by atoms with Crippen LogP contribution in [-0.2, 0) is 9.16 Å². The predicted octanol–water partition coefficient (Wildman–Crippen LogP) is 8.46. The third kappa shape index (κ3) is 7.75. The Morgan fingerprint density at radius 2 is 1.70 bits per heavy atom. The van der Waals surface area contributed by atoms with Crippen molar-refractivity contribution in [1.29, 1.82) is 0 Å². The van der Waals surface area contributed by atoms with Crippen molar-refractivity contribution in [3.63, 3.8) is 0 Å². The molecule has 0 bridgehead atoms. The Morgan fingerprint density at radius 3 is 2.38 bits per heavy atom. The number of methoxy groups -OCH3 is 1. The largest absolute Gasteiger partial charge is 0.475 e. The van der Waals surface area contributed by atoms with Crippen molar-refractivity contribution in [2.45, 2.75) is 88.5 Å². The van der Waals surface area contributed by atoms with E-state index in [0.717, 1.165) is 37.8 Å². The number of alkyl halides is 1.